The lowest BCUT2D eigenvalue weighted by molar-refractivity contribution is -0.118. The van der Waals surface area contributed by atoms with Crippen molar-refractivity contribution in [2.24, 2.45) is 0 Å². The molecule has 0 aliphatic rings. The van der Waals surface area contributed by atoms with E-state index in [9.17, 15) is 9.59 Å². The molecule has 2 aromatic rings. The highest BCUT2D eigenvalue weighted by Crippen LogP contribution is 2.26. The second-order valence-electron chi connectivity index (χ2n) is 6.14. The van der Waals surface area contributed by atoms with Crippen molar-refractivity contribution in [1.82, 2.24) is 5.32 Å². The normalized spacial score (nSPS) is 10.3. The first kappa shape index (κ1) is 21.0. The second-order valence-corrected chi connectivity index (χ2v) is 7.00. The standard InChI is InChI=1S/C21H25BrN2O3/c1-3-5-12-23-21(26)16-7-9-17(10-8-16)24-20(25)14-27-19-11-6-15(4-2)13-18(19)22/h6-11,13H,3-5,12,14H2,1-2H3,(H,23,26)(H,24,25). The number of anilines is 1. The van der Waals surface area contributed by atoms with Gasteiger partial charge in [0.25, 0.3) is 11.8 Å². The number of benzene rings is 2. The van der Waals surface area contributed by atoms with Crippen molar-refractivity contribution in [1.29, 1.82) is 0 Å². The summed E-state index contributed by atoms with van der Waals surface area (Å²) in [4.78, 5) is 24.0. The van der Waals surface area contributed by atoms with E-state index in [2.05, 4.69) is 40.4 Å². The second kappa shape index (κ2) is 10.7. The Labute approximate surface area is 168 Å². The number of unbranched alkanes of at least 4 members (excludes halogenated alkanes) is 1. The molecule has 2 amide bonds. The topological polar surface area (TPSA) is 67.4 Å². The summed E-state index contributed by atoms with van der Waals surface area (Å²) in [5.74, 6) is 0.257. The van der Waals surface area contributed by atoms with Gasteiger partial charge in [-0.1, -0.05) is 26.3 Å². The molecule has 0 spiro atoms. The molecule has 0 aliphatic carbocycles. The molecular formula is C21H25BrN2O3. The molecule has 2 aromatic carbocycles. The molecule has 0 saturated carbocycles. The molecule has 0 aromatic heterocycles. The summed E-state index contributed by atoms with van der Waals surface area (Å²) >= 11 is 3.45. The predicted octanol–water partition coefficient (Wildman–Crippen LogP) is 4.56. The summed E-state index contributed by atoms with van der Waals surface area (Å²) in [6.07, 6.45) is 2.93. The van der Waals surface area contributed by atoms with Crippen LogP contribution in [0.15, 0.2) is 46.9 Å². The molecule has 2 N–H and O–H groups in total. The molecule has 0 saturated heterocycles. The molecule has 2 rings (SSSR count). The van der Waals surface area contributed by atoms with E-state index >= 15 is 0 Å². The Bertz CT molecular complexity index is 775. The molecule has 0 aliphatic heterocycles. The van der Waals surface area contributed by atoms with Gasteiger partial charge in [0.1, 0.15) is 5.75 Å². The van der Waals surface area contributed by atoms with Crippen LogP contribution < -0.4 is 15.4 Å². The van der Waals surface area contributed by atoms with E-state index in [0.717, 1.165) is 23.7 Å². The fraction of sp³-hybridized carbons (Fsp3) is 0.333. The van der Waals surface area contributed by atoms with Crippen molar-refractivity contribution in [2.45, 2.75) is 33.1 Å². The van der Waals surface area contributed by atoms with E-state index < -0.39 is 0 Å². The van der Waals surface area contributed by atoms with Gasteiger partial charge in [-0.15, -0.1) is 0 Å². The van der Waals surface area contributed by atoms with Gasteiger partial charge in [0.2, 0.25) is 0 Å². The van der Waals surface area contributed by atoms with Crippen LogP contribution in [0.5, 0.6) is 5.75 Å². The SMILES string of the molecule is CCCCNC(=O)c1ccc(NC(=O)COc2ccc(CC)cc2Br)cc1. The van der Waals surface area contributed by atoms with Crippen LogP contribution in [-0.2, 0) is 11.2 Å². The van der Waals surface area contributed by atoms with Gasteiger partial charge in [-0.25, -0.2) is 0 Å². The number of aryl methyl sites for hydroxylation is 1. The van der Waals surface area contributed by atoms with Crippen LogP contribution in [-0.4, -0.2) is 25.0 Å². The van der Waals surface area contributed by atoms with Gasteiger partial charge in [-0.3, -0.25) is 9.59 Å². The molecule has 6 heteroatoms. The van der Waals surface area contributed by atoms with Crippen molar-refractivity contribution in [3.63, 3.8) is 0 Å². The quantitative estimate of drug-likeness (QED) is 0.570. The zero-order valence-electron chi connectivity index (χ0n) is 15.7. The number of halogens is 1. The first-order chi connectivity index (χ1) is 13.0. The van der Waals surface area contributed by atoms with E-state index in [1.54, 1.807) is 24.3 Å². The number of hydrogen-bond acceptors (Lipinski definition) is 3. The minimum atomic E-state index is -0.262. The number of amides is 2. The Kier molecular flexibility index (Phi) is 8.33. The molecule has 144 valence electrons. The Morgan fingerprint density at radius 2 is 1.81 bits per heavy atom. The van der Waals surface area contributed by atoms with Crippen molar-refractivity contribution in [3.8, 4) is 5.75 Å². The lowest BCUT2D eigenvalue weighted by Crippen LogP contribution is -2.24. The summed E-state index contributed by atoms with van der Waals surface area (Å²) in [6, 6.07) is 12.6. The first-order valence-corrected chi connectivity index (χ1v) is 9.92. The lowest BCUT2D eigenvalue weighted by Gasteiger charge is -2.10. The highest BCUT2D eigenvalue weighted by atomic mass is 79.9. The monoisotopic (exact) mass is 432 g/mol. The number of hydrogen-bond donors (Lipinski definition) is 2. The fourth-order valence-corrected chi connectivity index (χ4v) is 2.95. The fourth-order valence-electron chi connectivity index (χ4n) is 2.41. The molecule has 5 nitrogen and oxygen atoms in total. The zero-order chi connectivity index (χ0) is 19.6. The largest absolute Gasteiger partial charge is 0.483 e. The Hall–Kier alpha value is -2.34. The van der Waals surface area contributed by atoms with Crippen molar-refractivity contribution >= 4 is 33.4 Å². The van der Waals surface area contributed by atoms with Crippen molar-refractivity contribution in [3.05, 3.63) is 58.1 Å². The van der Waals surface area contributed by atoms with Gasteiger partial charge >= 0.3 is 0 Å². The molecule has 0 heterocycles. The minimum absolute atomic E-state index is 0.0939. The average molecular weight is 433 g/mol. The van der Waals surface area contributed by atoms with Crippen LogP contribution in [0.3, 0.4) is 0 Å². The minimum Gasteiger partial charge on any atom is -0.483 e. The Balaban J connectivity index is 1.84. The maximum atomic E-state index is 12.1. The van der Waals surface area contributed by atoms with Gasteiger partial charge in [0.05, 0.1) is 4.47 Å². The van der Waals surface area contributed by atoms with Crippen LogP contribution in [0.1, 0.15) is 42.6 Å². The summed E-state index contributed by atoms with van der Waals surface area (Å²) in [7, 11) is 0. The maximum absolute atomic E-state index is 12.1. The van der Waals surface area contributed by atoms with Crippen LogP contribution in [0.25, 0.3) is 0 Å². The summed E-state index contributed by atoms with van der Waals surface area (Å²) in [5.41, 5.74) is 2.38. The molecule has 0 unspecified atom stereocenters. The Morgan fingerprint density at radius 1 is 1.07 bits per heavy atom. The third-order valence-corrected chi connectivity index (χ3v) is 4.63. The van der Waals surface area contributed by atoms with Crippen molar-refractivity contribution < 1.29 is 14.3 Å². The molecule has 27 heavy (non-hydrogen) atoms. The van der Waals surface area contributed by atoms with Crippen LogP contribution >= 0.6 is 15.9 Å². The molecule has 0 bridgehead atoms. The molecule has 0 fully saturated rings. The smallest absolute Gasteiger partial charge is 0.262 e. The maximum Gasteiger partial charge on any atom is 0.262 e. The average Bonchev–Trinajstić information content (AvgIpc) is 2.67. The first-order valence-electron chi connectivity index (χ1n) is 9.12. The van der Waals surface area contributed by atoms with E-state index in [4.69, 9.17) is 4.74 Å². The number of rotatable bonds is 9. The van der Waals surface area contributed by atoms with Gasteiger partial charge in [-0.05, 0) is 70.7 Å². The highest BCUT2D eigenvalue weighted by Gasteiger charge is 2.08. The lowest BCUT2D eigenvalue weighted by atomic mass is 10.2. The van der Waals surface area contributed by atoms with Crippen LogP contribution in [0.2, 0.25) is 0 Å². The van der Waals surface area contributed by atoms with Crippen LogP contribution in [0, 0.1) is 0 Å². The third-order valence-electron chi connectivity index (χ3n) is 4.01. The molecule has 0 radical (unpaired) electrons. The number of ether oxygens (including phenoxy) is 1. The van der Waals surface area contributed by atoms with Gasteiger partial charge in [-0.2, -0.15) is 0 Å². The van der Waals surface area contributed by atoms with E-state index in [-0.39, 0.29) is 18.4 Å². The van der Waals surface area contributed by atoms with Gasteiger partial charge in [0.15, 0.2) is 6.61 Å². The molecule has 0 atom stereocenters. The van der Waals surface area contributed by atoms with Crippen LogP contribution in [0.4, 0.5) is 5.69 Å². The number of carbonyl (C=O) groups excluding carboxylic acids is 2. The highest BCUT2D eigenvalue weighted by molar-refractivity contribution is 9.10. The number of nitrogens with one attached hydrogen (secondary N) is 2. The third kappa shape index (κ3) is 6.71. The predicted molar refractivity (Wildman–Crippen MR) is 111 cm³/mol. The van der Waals surface area contributed by atoms with E-state index in [1.807, 2.05) is 18.2 Å². The van der Waals surface area contributed by atoms with E-state index in [0.29, 0.717) is 23.5 Å². The van der Waals surface area contributed by atoms with Crippen molar-refractivity contribution in [2.75, 3.05) is 18.5 Å². The molecular weight excluding hydrogens is 408 g/mol. The van der Waals surface area contributed by atoms with Gasteiger partial charge < -0.3 is 15.4 Å². The summed E-state index contributed by atoms with van der Waals surface area (Å²) in [5, 5.41) is 5.62. The van der Waals surface area contributed by atoms with Gasteiger partial charge in [0, 0.05) is 17.8 Å². The zero-order valence-corrected chi connectivity index (χ0v) is 17.3. The summed E-state index contributed by atoms with van der Waals surface area (Å²) in [6.45, 7) is 4.73. The Morgan fingerprint density at radius 3 is 2.44 bits per heavy atom. The number of carbonyl (C=O) groups is 2. The summed E-state index contributed by atoms with van der Waals surface area (Å²) < 4.78 is 6.39. The van der Waals surface area contributed by atoms with E-state index in [1.165, 1.54) is 5.56 Å².